The molecule has 2 rings (SSSR count). The summed E-state index contributed by atoms with van der Waals surface area (Å²) in [6.07, 6.45) is 1.76. The Labute approximate surface area is 137 Å². The van der Waals surface area contributed by atoms with Gasteiger partial charge in [0, 0.05) is 42.4 Å². The summed E-state index contributed by atoms with van der Waals surface area (Å²) >= 11 is 2.03. The normalized spacial score (nSPS) is 18.2. The van der Waals surface area contributed by atoms with Gasteiger partial charge in [0.05, 0.1) is 13.7 Å². The van der Waals surface area contributed by atoms with Crippen molar-refractivity contribution in [3.63, 3.8) is 0 Å². The third-order valence-corrected chi connectivity index (χ3v) is 4.78. The van der Waals surface area contributed by atoms with Crippen molar-refractivity contribution in [3.8, 4) is 5.88 Å². The van der Waals surface area contributed by atoms with E-state index < -0.39 is 0 Å². The fourth-order valence-electron chi connectivity index (χ4n) is 2.45. The highest BCUT2D eigenvalue weighted by Gasteiger charge is 2.28. The molecule has 0 radical (unpaired) electrons. The molecule has 0 aliphatic carbocycles. The monoisotopic (exact) mass is 322 g/mol. The molecule has 5 nitrogen and oxygen atoms in total. The van der Waals surface area contributed by atoms with E-state index in [1.54, 1.807) is 13.3 Å². The molecule has 1 aromatic rings. The highest BCUT2D eigenvalue weighted by Crippen LogP contribution is 2.29. The molecule has 1 saturated heterocycles. The van der Waals surface area contributed by atoms with E-state index in [-0.39, 0.29) is 4.75 Å². The van der Waals surface area contributed by atoms with Crippen LogP contribution in [-0.2, 0) is 6.54 Å². The minimum atomic E-state index is 0.272. The number of ether oxygens (including phenoxy) is 1. The van der Waals surface area contributed by atoms with Crippen LogP contribution >= 0.6 is 11.8 Å². The summed E-state index contributed by atoms with van der Waals surface area (Å²) in [7, 11) is 1.63. The average molecular weight is 322 g/mol. The highest BCUT2D eigenvalue weighted by atomic mass is 32.2. The van der Waals surface area contributed by atoms with Gasteiger partial charge in [-0.05, 0) is 32.4 Å². The van der Waals surface area contributed by atoms with Crippen LogP contribution in [0.1, 0.15) is 26.3 Å². The topological polar surface area (TPSA) is 49.8 Å². The number of aliphatic imine (C=N–C) groups is 1. The molecule has 0 amide bonds. The molecule has 2 heterocycles. The molecular weight excluding hydrogens is 296 g/mol. The molecule has 0 aromatic carbocycles. The maximum Gasteiger partial charge on any atom is 0.213 e. The van der Waals surface area contributed by atoms with E-state index >= 15 is 0 Å². The second-order valence-electron chi connectivity index (χ2n) is 5.91. The Bertz CT molecular complexity index is 519. The van der Waals surface area contributed by atoms with Gasteiger partial charge in [-0.15, -0.1) is 0 Å². The van der Waals surface area contributed by atoms with Crippen LogP contribution in [0.5, 0.6) is 5.88 Å². The van der Waals surface area contributed by atoms with Crippen molar-refractivity contribution in [1.82, 2.24) is 15.2 Å². The van der Waals surface area contributed by atoms with Crippen LogP contribution in [0.3, 0.4) is 0 Å². The molecule has 0 unspecified atom stereocenters. The average Bonchev–Trinajstić information content (AvgIpc) is 2.50. The van der Waals surface area contributed by atoms with E-state index in [4.69, 9.17) is 9.73 Å². The lowest BCUT2D eigenvalue weighted by atomic mass is 10.2. The van der Waals surface area contributed by atoms with Gasteiger partial charge in [-0.25, -0.2) is 9.98 Å². The number of hydrogen-bond acceptors (Lipinski definition) is 4. The van der Waals surface area contributed by atoms with Crippen LogP contribution in [0.4, 0.5) is 0 Å². The first-order chi connectivity index (χ1) is 10.5. The fourth-order valence-corrected chi connectivity index (χ4v) is 3.56. The number of nitrogens with one attached hydrogen (secondary N) is 1. The third-order valence-electron chi connectivity index (χ3n) is 3.48. The number of hydrogen-bond donors (Lipinski definition) is 1. The first-order valence-corrected chi connectivity index (χ1v) is 8.69. The molecule has 0 bridgehead atoms. The molecule has 0 atom stereocenters. The van der Waals surface area contributed by atoms with Gasteiger partial charge in [0.25, 0.3) is 0 Å². The van der Waals surface area contributed by atoms with Gasteiger partial charge in [-0.2, -0.15) is 11.8 Å². The highest BCUT2D eigenvalue weighted by molar-refractivity contribution is 8.00. The smallest absolute Gasteiger partial charge is 0.213 e. The van der Waals surface area contributed by atoms with Crippen LogP contribution in [0.2, 0.25) is 0 Å². The third kappa shape index (κ3) is 4.80. The van der Waals surface area contributed by atoms with E-state index in [0.717, 1.165) is 36.9 Å². The van der Waals surface area contributed by atoms with Crippen LogP contribution in [0.25, 0.3) is 0 Å². The minimum absolute atomic E-state index is 0.272. The maximum absolute atomic E-state index is 5.16. The number of thioether (sulfide) groups is 1. The Morgan fingerprint density at radius 2 is 2.36 bits per heavy atom. The first-order valence-electron chi connectivity index (χ1n) is 7.70. The van der Waals surface area contributed by atoms with Crippen LogP contribution < -0.4 is 10.1 Å². The van der Waals surface area contributed by atoms with Crippen molar-refractivity contribution in [2.45, 2.75) is 32.1 Å². The predicted molar refractivity (Wildman–Crippen MR) is 93.7 cm³/mol. The Morgan fingerprint density at radius 1 is 1.55 bits per heavy atom. The Balaban J connectivity index is 2.09. The van der Waals surface area contributed by atoms with Gasteiger partial charge >= 0.3 is 0 Å². The molecule has 0 spiro atoms. The molecule has 122 valence electrons. The van der Waals surface area contributed by atoms with Crippen LogP contribution in [-0.4, -0.2) is 53.1 Å². The number of pyridine rings is 1. The van der Waals surface area contributed by atoms with Gasteiger partial charge in [0.2, 0.25) is 5.88 Å². The summed E-state index contributed by atoms with van der Waals surface area (Å²) in [6.45, 7) is 10.3. The Kier molecular flexibility index (Phi) is 5.94. The summed E-state index contributed by atoms with van der Waals surface area (Å²) < 4.78 is 5.44. The molecule has 6 heteroatoms. The predicted octanol–water partition coefficient (Wildman–Crippen LogP) is 2.38. The number of aromatic nitrogens is 1. The van der Waals surface area contributed by atoms with Crippen LogP contribution in [0, 0.1) is 0 Å². The number of rotatable bonds is 4. The van der Waals surface area contributed by atoms with E-state index in [9.17, 15) is 0 Å². The van der Waals surface area contributed by atoms with Crippen molar-refractivity contribution in [3.05, 3.63) is 23.9 Å². The van der Waals surface area contributed by atoms with Gasteiger partial charge in [0.15, 0.2) is 5.96 Å². The molecule has 0 saturated carbocycles. The quantitative estimate of drug-likeness (QED) is 0.681. The minimum Gasteiger partial charge on any atom is -0.481 e. The summed E-state index contributed by atoms with van der Waals surface area (Å²) in [5.41, 5.74) is 1.10. The Hall–Kier alpha value is -1.43. The molecular formula is C16H26N4OS. The zero-order valence-corrected chi connectivity index (χ0v) is 14.7. The Morgan fingerprint density at radius 3 is 3.05 bits per heavy atom. The molecule has 1 fully saturated rings. The maximum atomic E-state index is 5.16. The summed E-state index contributed by atoms with van der Waals surface area (Å²) in [5.74, 6) is 2.76. The van der Waals surface area contributed by atoms with Gasteiger partial charge in [-0.3, -0.25) is 0 Å². The van der Waals surface area contributed by atoms with Gasteiger partial charge in [-0.1, -0.05) is 0 Å². The fraction of sp³-hybridized carbons (Fsp3) is 0.625. The van der Waals surface area contributed by atoms with Crippen LogP contribution in [0.15, 0.2) is 23.3 Å². The van der Waals surface area contributed by atoms with E-state index in [1.807, 2.05) is 23.9 Å². The lowest BCUT2D eigenvalue weighted by Crippen LogP contribution is -2.50. The van der Waals surface area contributed by atoms with Gasteiger partial charge < -0.3 is 15.0 Å². The second kappa shape index (κ2) is 7.72. The number of guanidine groups is 1. The molecule has 1 aromatic heterocycles. The lowest BCUT2D eigenvalue weighted by Gasteiger charge is -2.39. The number of methoxy groups -OCH3 is 1. The zero-order valence-electron chi connectivity index (χ0n) is 13.9. The summed E-state index contributed by atoms with van der Waals surface area (Å²) in [6, 6.07) is 3.91. The first kappa shape index (κ1) is 16.9. The molecule has 1 aliphatic heterocycles. The molecule has 1 aliphatic rings. The lowest BCUT2D eigenvalue weighted by molar-refractivity contribution is 0.375. The summed E-state index contributed by atoms with van der Waals surface area (Å²) in [4.78, 5) is 11.3. The molecule has 22 heavy (non-hydrogen) atoms. The van der Waals surface area contributed by atoms with Crippen molar-refractivity contribution in [1.29, 1.82) is 0 Å². The van der Waals surface area contributed by atoms with E-state index in [1.165, 1.54) is 0 Å². The van der Waals surface area contributed by atoms with E-state index in [0.29, 0.717) is 12.4 Å². The number of nitrogens with zero attached hydrogens (tertiary/aromatic N) is 3. The SMILES string of the molecule is CCNC(=NCc1ccnc(OC)c1)N1CCSC(C)(C)C1. The molecule has 1 N–H and O–H groups in total. The van der Waals surface area contributed by atoms with Gasteiger partial charge in [0.1, 0.15) is 0 Å². The standard InChI is InChI=1S/C16H26N4OS/c1-5-17-15(20-8-9-22-16(2,3)12-20)19-11-13-6-7-18-14(10-13)21-4/h6-7,10H,5,8-9,11-12H2,1-4H3,(H,17,19). The van der Waals surface area contributed by atoms with Crippen molar-refractivity contribution >= 4 is 17.7 Å². The zero-order chi connectivity index (χ0) is 16.0. The summed E-state index contributed by atoms with van der Waals surface area (Å²) in [5, 5.41) is 3.41. The second-order valence-corrected chi connectivity index (χ2v) is 7.71. The van der Waals surface area contributed by atoms with E-state index in [2.05, 4.69) is 36.0 Å². The van der Waals surface area contributed by atoms with Crippen molar-refractivity contribution < 1.29 is 4.74 Å². The largest absolute Gasteiger partial charge is 0.481 e. The van der Waals surface area contributed by atoms with Crippen molar-refractivity contribution in [2.75, 3.05) is 32.5 Å². The van der Waals surface area contributed by atoms with Crippen molar-refractivity contribution in [2.24, 2.45) is 4.99 Å².